The lowest BCUT2D eigenvalue weighted by atomic mass is 9.89. The molecule has 17 heavy (non-hydrogen) atoms. The van der Waals surface area contributed by atoms with Crippen molar-refractivity contribution in [2.24, 2.45) is 5.41 Å². The Morgan fingerprint density at radius 2 is 1.65 bits per heavy atom. The molecule has 4 heteroatoms. The third-order valence-electron chi connectivity index (χ3n) is 2.61. The van der Waals surface area contributed by atoms with Crippen LogP contribution in [0.25, 0.3) is 0 Å². The fraction of sp³-hybridized carbons (Fsp3) is 0.846. The molecule has 0 aromatic heterocycles. The highest BCUT2D eigenvalue weighted by Gasteiger charge is 2.29. The topological polar surface area (TPSA) is 55.4 Å². The van der Waals surface area contributed by atoms with Crippen LogP contribution in [0.3, 0.4) is 0 Å². The van der Waals surface area contributed by atoms with Crippen molar-refractivity contribution in [3.8, 4) is 0 Å². The van der Waals surface area contributed by atoms with E-state index in [4.69, 9.17) is 4.74 Å². The molecular weight excluding hydrogens is 218 g/mol. The molecule has 0 aliphatic rings. The van der Waals surface area contributed by atoms with Gasteiger partial charge < -0.3 is 10.1 Å². The van der Waals surface area contributed by atoms with Crippen molar-refractivity contribution in [1.82, 2.24) is 5.32 Å². The highest BCUT2D eigenvalue weighted by molar-refractivity contribution is 5.87. The first kappa shape index (κ1) is 15.9. The van der Waals surface area contributed by atoms with Crippen LogP contribution in [0.4, 0.5) is 0 Å². The van der Waals surface area contributed by atoms with Gasteiger partial charge in [0.05, 0.1) is 0 Å². The fourth-order valence-corrected chi connectivity index (χ4v) is 1.00. The first-order valence-electron chi connectivity index (χ1n) is 6.03. The van der Waals surface area contributed by atoms with Crippen molar-refractivity contribution in [3.05, 3.63) is 0 Å². The quantitative estimate of drug-likeness (QED) is 0.771. The van der Waals surface area contributed by atoms with Gasteiger partial charge in [0, 0.05) is 5.41 Å². The summed E-state index contributed by atoms with van der Waals surface area (Å²) in [4.78, 5) is 23.5. The number of carbonyl (C=O) groups excluding carboxylic acids is 2. The number of amides is 1. The number of hydrogen-bond donors (Lipinski definition) is 1. The second-order valence-corrected chi connectivity index (χ2v) is 5.97. The van der Waals surface area contributed by atoms with E-state index in [2.05, 4.69) is 5.32 Å². The van der Waals surface area contributed by atoms with Crippen molar-refractivity contribution in [1.29, 1.82) is 0 Å². The summed E-state index contributed by atoms with van der Waals surface area (Å²) >= 11 is 0. The zero-order valence-electron chi connectivity index (χ0n) is 12.0. The molecule has 0 fully saturated rings. The zero-order valence-corrected chi connectivity index (χ0v) is 12.0. The lowest BCUT2D eigenvalue weighted by molar-refractivity contribution is -0.158. The Bertz CT molecular complexity index is 290. The van der Waals surface area contributed by atoms with Gasteiger partial charge >= 0.3 is 5.97 Å². The predicted octanol–water partition coefficient (Wildman–Crippen LogP) is 2.27. The molecule has 0 radical (unpaired) electrons. The second kappa shape index (κ2) is 5.52. The summed E-state index contributed by atoms with van der Waals surface area (Å²) in [7, 11) is 0. The van der Waals surface area contributed by atoms with Gasteiger partial charge in [0.25, 0.3) is 0 Å². The lowest BCUT2D eigenvalue weighted by Crippen LogP contribution is -2.46. The minimum absolute atomic E-state index is 0.127. The van der Waals surface area contributed by atoms with Gasteiger partial charge in [-0.1, -0.05) is 20.8 Å². The predicted molar refractivity (Wildman–Crippen MR) is 67.5 cm³/mol. The largest absolute Gasteiger partial charge is 0.458 e. The summed E-state index contributed by atoms with van der Waals surface area (Å²) in [6, 6.07) is -0.618. The molecule has 0 rings (SSSR count). The molecule has 0 saturated carbocycles. The van der Waals surface area contributed by atoms with Crippen molar-refractivity contribution >= 4 is 11.9 Å². The number of ether oxygens (including phenoxy) is 1. The van der Waals surface area contributed by atoms with Crippen LogP contribution in [0, 0.1) is 5.41 Å². The van der Waals surface area contributed by atoms with E-state index in [1.54, 1.807) is 27.7 Å². The van der Waals surface area contributed by atoms with E-state index in [-0.39, 0.29) is 5.91 Å². The Balaban J connectivity index is 4.41. The van der Waals surface area contributed by atoms with Crippen molar-refractivity contribution in [3.63, 3.8) is 0 Å². The molecule has 0 aromatic rings. The first-order chi connectivity index (χ1) is 7.49. The molecule has 0 saturated heterocycles. The molecule has 4 nitrogen and oxygen atoms in total. The molecule has 1 N–H and O–H groups in total. The molecule has 100 valence electrons. The second-order valence-electron chi connectivity index (χ2n) is 5.97. The molecule has 0 aromatic carbocycles. The van der Waals surface area contributed by atoms with Crippen LogP contribution in [-0.2, 0) is 14.3 Å². The Morgan fingerprint density at radius 3 is 2.00 bits per heavy atom. The Hall–Kier alpha value is -1.06. The molecule has 0 aliphatic carbocycles. The number of carbonyl (C=O) groups is 2. The first-order valence-corrected chi connectivity index (χ1v) is 6.03. The van der Waals surface area contributed by atoms with E-state index in [9.17, 15) is 9.59 Å². The summed E-state index contributed by atoms with van der Waals surface area (Å²) < 4.78 is 5.19. The number of hydrogen-bond acceptors (Lipinski definition) is 3. The van der Waals surface area contributed by atoms with Crippen molar-refractivity contribution in [2.75, 3.05) is 0 Å². The standard InChI is InChI=1S/C13H25NO3/c1-8-13(6,7)11(16)14-9(2)10(15)17-12(3,4)5/h9H,8H2,1-7H3,(H,14,16)/t9-/m0/s1. The molecule has 0 spiro atoms. The zero-order chi connectivity index (χ0) is 13.9. The highest BCUT2D eigenvalue weighted by atomic mass is 16.6. The normalized spacial score (nSPS) is 14.1. The number of esters is 1. The summed E-state index contributed by atoms with van der Waals surface area (Å²) in [5, 5.41) is 2.68. The van der Waals surface area contributed by atoms with E-state index in [1.165, 1.54) is 0 Å². The van der Waals surface area contributed by atoms with Gasteiger partial charge in [0.2, 0.25) is 5.91 Å². The average molecular weight is 243 g/mol. The average Bonchev–Trinajstić information content (AvgIpc) is 2.14. The minimum atomic E-state index is -0.618. The highest BCUT2D eigenvalue weighted by Crippen LogP contribution is 2.19. The van der Waals surface area contributed by atoms with Gasteiger partial charge in [-0.05, 0) is 34.1 Å². The lowest BCUT2D eigenvalue weighted by Gasteiger charge is -2.26. The molecular formula is C13H25NO3. The maximum absolute atomic E-state index is 11.9. The van der Waals surface area contributed by atoms with Gasteiger partial charge in [-0.15, -0.1) is 0 Å². The SMILES string of the molecule is CCC(C)(C)C(=O)N[C@@H](C)C(=O)OC(C)(C)C. The smallest absolute Gasteiger partial charge is 0.328 e. The van der Waals surface area contributed by atoms with E-state index >= 15 is 0 Å². The van der Waals surface area contributed by atoms with E-state index in [0.717, 1.165) is 6.42 Å². The van der Waals surface area contributed by atoms with Crippen molar-refractivity contribution < 1.29 is 14.3 Å². The third-order valence-corrected chi connectivity index (χ3v) is 2.61. The van der Waals surface area contributed by atoms with Crippen LogP contribution in [0.2, 0.25) is 0 Å². The maximum atomic E-state index is 11.9. The number of rotatable bonds is 4. The van der Waals surface area contributed by atoms with Gasteiger partial charge in [-0.3, -0.25) is 4.79 Å². The van der Waals surface area contributed by atoms with Crippen LogP contribution in [0.5, 0.6) is 0 Å². The summed E-state index contributed by atoms with van der Waals surface area (Å²) in [5.41, 5.74) is -0.993. The van der Waals surface area contributed by atoms with Crippen LogP contribution in [0.15, 0.2) is 0 Å². The summed E-state index contributed by atoms with van der Waals surface area (Å²) in [5.74, 6) is -0.531. The molecule has 1 atom stereocenters. The molecule has 1 amide bonds. The monoisotopic (exact) mass is 243 g/mol. The van der Waals surface area contributed by atoms with Gasteiger partial charge in [-0.25, -0.2) is 4.79 Å². The Morgan fingerprint density at radius 1 is 1.18 bits per heavy atom. The fourth-order valence-electron chi connectivity index (χ4n) is 1.00. The molecule has 0 bridgehead atoms. The van der Waals surface area contributed by atoms with Gasteiger partial charge in [0.15, 0.2) is 0 Å². The maximum Gasteiger partial charge on any atom is 0.328 e. The van der Waals surface area contributed by atoms with Gasteiger partial charge in [-0.2, -0.15) is 0 Å². The third kappa shape index (κ3) is 5.71. The van der Waals surface area contributed by atoms with Crippen LogP contribution >= 0.6 is 0 Å². The molecule has 0 aliphatic heterocycles. The van der Waals surface area contributed by atoms with Crippen LogP contribution in [0.1, 0.15) is 54.9 Å². The van der Waals surface area contributed by atoms with Gasteiger partial charge in [0.1, 0.15) is 11.6 Å². The minimum Gasteiger partial charge on any atom is -0.458 e. The van der Waals surface area contributed by atoms with E-state index in [1.807, 2.05) is 20.8 Å². The Labute approximate surface area is 104 Å². The molecule has 0 unspecified atom stereocenters. The summed E-state index contributed by atoms with van der Waals surface area (Å²) in [6.07, 6.45) is 0.722. The van der Waals surface area contributed by atoms with Crippen molar-refractivity contribution in [2.45, 2.75) is 66.5 Å². The Kier molecular flexibility index (Phi) is 5.17. The number of nitrogens with one attached hydrogen (secondary N) is 1. The van der Waals surface area contributed by atoms with Crippen LogP contribution in [-0.4, -0.2) is 23.5 Å². The molecule has 0 heterocycles. The van der Waals surface area contributed by atoms with E-state index < -0.39 is 23.0 Å². The van der Waals surface area contributed by atoms with E-state index in [0.29, 0.717) is 0 Å². The van der Waals surface area contributed by atoms with Crippen LogP contribution < -0.4 is 5.32 Å². The summed E-state index contributed by atoms with van der Waals surface area (Å²) in [6.45, 7) is 12.7.